The van der Waals surface area contributed by atoms with E-state index in [1.165, 1.54) is 0 Å². The molecule has 0 aliphatic carbocycles. The van der Waals surface area contributed by atoms with Gasteiger partial charge >= 0.3 is 0 Å². The maximum atomic E-state index is 12.6. The Morgan fingerprint density at radius 3 is 2.57 bits per heavy atom. The van der Waals surface area contributed by atoms with Gasteiger partial charge in [0.05, 0.1) is 19.8 Å². The van der Waals surface area contributed by atoms with Crippen LogP contribution in [0.15, 0.2) is 0 Å². The van der Waals surface area contributed by atoms with E-state index in [0.29, 0.717) is 26.4 Å². The Hall–Kier alpha value is -1.18. The molecular weight excluding hydrogens is 274 g/mol. The van der Waals surface area contributed by atoms with Gasteiger partial charge in [-0.15, -0.1) is 0 Å². The molecule has 0 aromatic heterocycles. The Balaban J connectivity index is 1.63. The molecule has 2 unspecified atom stereocenters. The van der Waals surface area contributed by atoms with Crippen LogP contribution in [0, 0.1) is 0 Å². The van der Waals surface area contributed by atoms with Crippen LogP contribution in [0.3, 0.4) is 0 Å². The van der Waals surface area contributed by atoms with Gasteiger partial charge in [0, 0.05) is 32.7 Å². The molecule has 1 N–H and O–H groups in total. The first-order valence-corrected chi connectivity index (χ1v) is 7.77. The van der Waals surface area contributed by atoms with E-state index in [0.717, 1.165) is 39.0 Å². The van der Waals surface area contributed by atoms with Crippen molar-refractivity contribution in [1.82, 2.24) is 15.1 Å². The van der Waals surface area contributed by atoms with Crippen molar-refractivity contribution in [3.8, 4) is 0 Å². The largest absolute Gasteiger partial charge is 0.376 e. The minimum Gasteiger partial charge on any atom is -0.376 e. The molecular formula is C14H23N3O4. The molecule has 2 amide bonds. The van der Waals surface area contributed by atoms with Crippen molar-refractivity contribution in [3.05, 3.63) is 0 Å². The van der Waals surface area contributed by atoms with Crippen molar-refractivity contribution >= 4 is 11.8 Å². The molecule has 3 rings (SSSR count). The number of rotatable bonds is 2. The summed E-state index contributed by atoms with van der Waals surface area (Å²) < 4.78 is 10.8. The van der Waals surface area contributed by atoms with Crippen molar-refractivity contribution in [1.29, 1.82) is 0 Å². The van der Waals surface area contributed by atoms with Gasteiger partial charge in [0.1, 0.15) is 6.04 Å². The van der Waals surface area contributed by atoms with Gasteiger partial charge in [0.25, 0.3) is 5.91 Å². The maximum Gasteiger partial charge on any atom is 0.254 e. The Morgan fingerprint density at radius 2 is 1.86 bits per heavy atom. The van der Waals surface area contributed by atoms with Crippen molar-refractivity contribution < 1.29 is 19.1 Å². The molecule has 7 nitrogen and oxygen atoms in total. The first-order valence-electron chi connectivity index (χ1n) is 7.77. The minimum absolute atomic E-state index is 0.0825. The number of nitrogens with zero attached hydrogens (tertiary/aromatic N) is 2. The number of likely N-dealkylation sites (tertiary alicyclic amines) is 1. The van der Waals surface area contributed by atoms with E-state index >= 15 is 0 Å². The second kappa shape index (κ2) is 6.72. The predicted octanol–water partition coefficient (Wildman–Crippen LogP) is -1.18. The molecule has 21 heavy (non-hydrogen) atoms. The van der Waals surface area contributed by atoms with Crippen LogP contribution in [-0.2, 0) is 19.1 Å². The summed E-state index contributed by atoms with van der Waals surface area (Å²) in [6.45, 7) is 5.01. The van der Waals surface area contributed by atoms with Crippen LogP contribution < -0.4 is 5.32 Å². The number of hydrogen-bond acceptors (Lipinski definition) is 5. The second-order valence-electron chi connectivity index (χ2n) is 5.70. The zero-order valence-electron chi connectivity index (χ0n) is 12.3. The fourth-order valence-electron chi connectivity index (χ4n) is 3.20. The summed E-state index contributed by atoms with van der Waals surface area (Å²) in [5, 5.41) is 3.23. The van der Waals surface area contributed by atoms with Crippen molar-refractivity contribution in [3.63, 3.8) is 0 Å². The molecule has 3 saturated heterocycles. The summed E-state index contributed by atoms with van der Waals surface area (Å²) in [4.78, 5) is 28.7. The standard InChI is InChI=1S/C14H23N3O4/c18-13(16-6-3-15-4-7-16)11-2-1-5-17(11)14(19)12-10-20-8-9-21-12/h11-12,15H,1-10H2. The van der Waals surface area contributed by atoms with Crippen LogP contribution in [0.25, 0.3) is 0 Å². The molecule has 3 heterocycles. The van der Waals surface area contributed by atoms with E-state index in [2.05, 4.69) is 5.32 Å². The fourth-order valence-corrected chi connectivity index (χ4v) is 3.20. The first kappa shape index (κ1) is 14.7. The zero-order valence-corrected chi connectivity index (χ0v) is 12.3. The maximum absolute atomic E-state index is 12.6. The lowest BCUT2D eigenvalue weighted by molar-refractivity contribution is -0.162. The molecule has 3 fully saturated rings. The van der Waals surface area contributed by atoms with E-state index in [-0.39, 0.29) is 17.9 Å². The number of piperazine rings is 1. The SMILES string of the molecule is O=C(C1CCCN1C(=O)C1COCCO1)N1CCNCC1. The van der Waals surface area contributed by atoms with Crippen LogP contribution in [0.5, 0.6) is 0 Å². The number of amides is 2. The number of nitrogens with one attached hydrogen (secondary N) is 1. The minimum atomic E-state index is -0.546. The van der Waals surface area contributed by atoms with E-state index < -0.39 is 6.10 Å². The quantitative estimate of drug-likeness (QED) is 0.695. The third-order valence-electron chi connectivity index (χ3n) is 4.34. The monoisotopic (exact) mass is 297 g/mol. The average molecular weight is 297 g/mol. The Morgan fingerprint density at radius 1 is 1.05 bits per heavy atom. The highest BCUT2D eigenvalue weighted by Gasteiger charge is 2.40. The molecule has 0 aromatic rings. The summed E-state index contributed by atoms with van der Waals surface area (Å²) in [6.07, 6.45) is 1.08. The summed E-state index contributed by atoms with van der Waals surface area (Å²) in [5.74, 6) is -0.0141. The molecule has 3 aliphatic rings. The highest BCUT2D eigenvalue weighted by atomic mass is 16.6. The first-order chi connectivity index (χ1) is 10.3. The highest BCUT2D eigenvalue weighted by molar-refractivity contribution is 5.90. The van der Waals surface area contributed by atoms with Crippen LogP contribution in [0.4, 0.5) is 0 Å². The van der Waals surface area contributed by atoms with Gasteiger partial charge < -0.3 is 24.6 Å². The zero-order chi connectivity index (χ0) is 14.7. The van der Waals surface area contributed by atoms with E-state index in [1.54, 1.807) is 4.90 Å². The van der Waals surface area contributed by atoms with Gasteiger partial charge in [0.15, 0.2) is 6.10 Å². The Bertz CT molecular complexity index is 356. The summed E-state index contributed by atoms with van der Waals surface area (Å²) in [6, 6.07) is -0.318. The van der Waals surface area contributed by atoms with Gasteiger partial charge in [0.2, 0.25) is 5.91 Å². The Kier molecular flexibility index (Phi) is 4.72. The number of hydrogen-bond donors (Lipinski definition) is 1. The number of ether oxygens (including phenoxy) is 2. The molecule has 0 bridgehead atoms. The topological polar surface area (TPSA) is 71.1 Å². The van der Waals surface area contributed by atoms with Crippen LogP contribution in [-0.4, -0.2) is 86.3 Å². The van der Waals surface area contributed by atoms with Gasteiger partial charge in [-0.1, -0.05) is 0 Å². The third-order valence-corrected chi connectivity index (χ3v) is 4.34. The number of carbonyl (C=O) groups excluding carboxylic acids is 2. The molecule has 3 aliphatic heterocycles. The normalized spacial score (nSPS) is 30.5. The molecule has 0 aromatic carbocycles. The highest BCUT2D eigenvalue weighted by Crippen LogP contribution is 2.22. The summed E-state index contributed by atoms with van der Waals surface area (Å²) in [7, 11) is 0. The lowest BCUT2D eigenvalue weighted by Gasteiger charge is -2.34. The summed E-state index contributed by atoms with van der Waals surface area (Å²) >= 11 is 0. The van der Waals surface area contributed by atoms with Crippen molar-refractivity contribution in [2.75, 3.05) is 52.5 Å². The lowest BCUT2D eigenvalue weighted by atomic mass is 10.1. The molecule has 0 spiro atoms. The molecule has 0 saturated carbocycles. The second-order valence-corrected chi connectivity index (χ2v) is 5.70. The smallest absolute Gasteiger partial charge is 0.254 e. The predicted molar refractivity (Wildman–Crippen MR) is 74.7 cm³/mol. The molecule has 2 atom stereocenters. The van der Waals surface area contributed by atoms with Crippen molar-refractivity contribution in [2.24, 2.45) is 0 Å². The van der Waals surface area contributed by atoms with Crippen LogP contribution in [0.1, 0.15) is 12.8 Å². The van der Waals surface area contributed by atoms with Gasteiger partial charge in [-0.25, -0.2) is 0 Å². The molecule has 118 valence electrons. The third kappa shape index (κ3) is 3.20. The van der Waals surface area contributed by atoms with Gasteiger partial charge in [-0.3, -0.25) is 9.59 Å². The van der Waals surface area contributed by atoms with Crippen molar-refractivity contribution in [2.45, 2.75) is 25.0 Å². The number of carbonyl (C=O) groups is 2. The molecule has 0 radical (unpaired) electrons. The summed E-state index contributed by atoms with van der Waals surface area (Å²) in [5.41, 5.74) is 0. The Labute approximate surface area is 124 Å². The fraction of sp³-hybridized carbons (Fsp3) is 0.857. The van der Waals surface area contributed by atoms with E-state index in [1.807, 2.05) is 4.90 Å². The van der Waals surface area contributed by atoms with Gasteiger partial charge in [-0.2, -0.15) is 0 Å². The van der Waals surface area contributed by atoms with Crippen LogP contribution >= 0.6 is 0 Å². The van der Waals surface area contributed by atoms with E-state index in [9.17, 15) is 9.59 Å². The van der Waals surface area contributed by atoms with Crippen LogP contribution in [0.2, 0.25) is 0 Å². The lowest BCUT2D eigenvalue weighted by Crippen LogP contribution is -2.55. The average Bonchev–Trinajstić information content (AvgIpc) is 3.04. The van der Waals surface area contributed by atoms with E-state index in [4.69, 9.17) is 9.47 Å². The molecule has 7 heteroatoms. The van der Waals surface area contributed by atoms with Gasteiger partial charge in [-0.05, 0) is 12.8 Å².